The van der Waals surface area contributed by atoms with Crippen LogP contribution in [0.15, 0.2) is 64.1 Å². The minimum Gasteiger partial charge on any atom is -0.381 e. The smallest absolute Gasteiger partial charge is 0.258 e. The highest BCUT2D eigenvalue weighted by molar-refractivity contribution is 9.10. The molecule has 0 unspecified atom stereocenters. The molecule has 0 saturated carbocycles. The minimum atomic E-state index is -1.21. The largest absolute Gasteiger partial charge is 0.381 e. The number of nitrogens with zero attached hydrogens (tertiary/aromatic N) is 2. The molecule has 7 heteroatoms. The van der Waals surface area contributed by atoms with E-state index in [0.717, 1.165) is 20.9 Å². The molecule has 5 nitrogen and oxygen atoms in total. The van der Waals surface area contributed by atoms with Gasteiger partial charge in [-0.2, -0.15) is 0 Å². The van der Waals surface area contributed by atoms with Crippen LogP contribution in [-0.4, -0.2) is 21.1 Å². The lowest BCUT2D eigenvalue weighted by Gasteiger charge is -2.30. The monoisotopic (exact) mass is 416 g/mol. The Balaban J connectivity index is 1.89. The molecule has 0 radical (unpaired) electrons. The van der Waals surface area contributed by atoms with E-state index in [2.05, 4.69) is 20.9 Å². The van der Waals surface area contributed by atoms with Crippen LogP contribution in [0.3, 0.4) is 0 Å². The molecule has 0 fully saturated rings. The van der Waals surface area contributed by atoms with Crippen molar-refractivity contribution in [2.24, 2.45) is 0 Å². The summed E-state index contributed by atoms with van der Waals surface area (Å²) in [7, 11) is 0. The predicted octanol–water partition coefficient (Wildman–Crippen LogP) is 4.52. The number of thioether (sulfide) groups is 1. The zero-order valence-electron chi connectivity index (χ0n) is 12.9. The van der Waals surface area contributed by atoms with E-state index in [-0.39, 0.29) is 4.92 Å². The average molecular weight is 417 g/mol. The van der Waals surface area contributed by atoms with Crippen molar-refractivity contribution >= 4 is 38.6 Å². The van der Waals surface area contributed by atoms with Gasteiger partial charge in [0.15, 0.2) is 6.10 Å². The van der Waals surface area contributed by atoms with Gasteiger partial charge in [-0.25, -0.2) is 4.98 Å². The van der Waals surface area contributed by atoms with Gasteiger partial charge in [-0.1, -0.05) is 64.1 Å². The summed E-state index contributed by atoms with van der Waals surface area (Å²) in [5.74, 6) is 0. The highest BCUT2D eigenvalue weighted by atomic mass is 79.9. The number of nitro groups is 1. The van der Waals surface area contributed by atoms with E-state index in [9.17, 15) is 15.2 Å². The van der Waals surface area contributed by atoms with Crippen LogP contribution in [0.5, 0.6) is 0 Å². The summed E-state index contributed by atoms with van der Waals surface area (Å²) >= 11 is 4.82. The summed E-state index contributed by atoms with van der Waals surface area (Å²) in [4.78, 5) is 16.0. The molecule has 0 amide bonds. The lowest BCUT2D eigenvalue weighted by atomic mass is 9.95. The molecular weight excluding hydrogens is 404 g/mol. The molecule has 4 rings (SSSR count). The number of aromatic nitrogens is 1. The number of halogens is 1. The predicted molar refractivity (Wildman–Crippen MR) is 100 cm³/mol. The summed E-state index contributed by atoms with van der Waals surface area (Å²) in [6, 6.07) is 15.6. The molecule has 2 aromatic carbocycles. The third kappa shape index (κ3) is 2.82. The van der Waals surface area contributed by atoms with Crippen molar-refractivity contribution in [1.82, 2.24) is 4.98 Å². The first-order valence-electron chi connectivity index (χ1n) is 7.68. The molecule has 1 aromatic heterocycles. The summed E-state index contributed by atoms with van der Waals surface area (Å²) < 4.78 is 0.848. The molecule has 3 aromatic rings. The van der Waals surface area contributed by atoms with Crippen LogP contribution in [0.1, 0.15) is 22.5 Å². The zero-order chi connectivity index (χ0) is 17.6. The second-order valence-electron chi connectivity index (χ2n) is 5.86. The second-order valence-corrected chi connectivity index (χ2v) is 7.84. The molecule has 1 aliphatic heterocycles. The quantitative estimate of drug-likeness (QED) is 0.490. The number of pyridine rings is 1. The Kier molecular flexibility index (Phi) is 4.23. The molecule has 1 N–H and O–H groups in total. The second kappa shape index (κ2) is 6.40. The zero-order valence-corrected chi connectivity index (χ0v) is 15.3. The van der Waals surface area contributed by atoms with Crippen LogP contribution in [0.4, 0.5) is 0 Å². The molecule has 25 heavy (non-hydrogen) atoms. The molecule has 0 aliphatic carbocycles. The fourth-order valence-corrected chi connectivity index (χ4v) is 5.00. The van der Waals surface area contributed by atoms with Gasteiger partial charge in [0.2, 0.25) is 0 Å². The van der Waals surface area contributed by atoms with Gasteiger partial charge in [0.05, 0.1) is 5.52 Å². The molecule has 0 spiro atoms. The first-order valence-corrected chi connectivity index (χ1v) is 9.36. The minimum absolute atomic E-state index is 0.386. The van der Waals surface area contributed by atoms with Gasteiger partial charge in [0, 0.05) is 20.3 Å². The Bertz CT molecular complexity index is 967. The fraction of sp³-hybridized carbons (Fsp3) is 0.167. The van der Waals surface area contributed by atoms with Gasteiger partial charge in [0.25, 0.3) is 6.04 Å². The van der Waals surface area contributed by atoms with Crippen LogP contribution < -0.4 is 0 Å². The van der Waals surface area contributed by atoms with Gasteiger partial charge >= 0.3 is 0 Å². The lowest BCUT2D eigenvalue weighted by molar-refractivity contribution is -0.536. The van der Waals surface area contributed by atoms with E-state index in [0.29, 0.717) is 10.6 Å². The maximum Gasteiger partial charge on any atom is 0.258 e. The van der Waals surface area contributed by atoms with Crippen molar-refractivity contribution in [1.29, 1.82) is 0 Å². The van der Waals surface area contributed by atoms with Gasteiger partial charge in [-0.15, -0.1) is 0 Å². The molecule has 126 valence electrons. The number of benzene rings is 2. The molecular formula is C18H13BrN2O3S. The van der Waals surface area contributed by atoms with Gasteiger partial charge in [0.1, 0.15) is 10.3 Å². The van der Waals surface area contributed by atoms with Crippen molar-refractivity contribution in [2.75, 3.05) is 0 Å². The Morgan fingerprint density at radius 3 is 2.64 bits per heavy atom. The Labute approximate surface area is 156 Å². The van der Waals surface area contributed by atoms with Crippen molar-refractivity contribution in [3.05, 3.63) is 80.3 Å². The highest BCUT2D eigenvalue weighted by Gasteiger charge is 2.46. The number of hydrogen-bond acceptors (Lipinski definition) is 5. The number of aliphatic hydroxyl groups excluding tert-OH is 1. The third-order valence-electron chi connectivity index (χ3n) is 4.36. The highest BCUT2D eigenvalue weighted by Crippen LogP contribution is 2.50. The first kappa shape index (κ1) is 16.5. The van der Waals surface area contributed by atoms with E-state index < -0.39 is 17.4 Å². The summed E-state index contributed by atoms with van der Waals surface area (Å²) in [6.45, 7) is 0. The summed E-state index contributed by atoms with van der Waals surface area (Å²) in [5.41, 5.74) is 2.12. The number of rotatable bonds is 2. The molecule has 1 aliphatic rings. The Morgan fingerprint density at radius 1 is 1.16 bits per heavy atom. The number of aliphatic hydroxyl groups is 1. The third-order valence-corrected chi connectivity index (χ3v) is 6.41. The van der Waals surface area contributed by atoms with Crippen molar-refractivity contribution in [3.8, 4) is 0 Å². The molecule has 0 bridgehead atoms. The normalized spacial score (nSPS) is 22.6. The summed E-state index contributed by atoms with van der Waals surface area (Å²) in [6.07, 6.45) is -1.21. The van der Waals surface area contributed by atoms with E-state index in [1.807, 2.05) is 48.5 Å². The standard InChI is InChI=1S/C18H13BrN2O3S/c19-13-7-4-8-14-11(13)9-12-16(22)15(21(23)24)17(25-18(12)20-14)10-5-2-1-3-6-10/h1-9,15-17,22H/t15-,16-,17+/m0/s1. The molecule has 3 atom stereocenters. The van der Waals surface area contributed by atoms with Gasteiger partial charge < -0.3 is 5.11 Å². The van der Waals surface area contributed by atoms with Crippen LogP contribution in [0, 0.1) is 10.1 Å². The van der Waals surface area contributed by atoms with Crippen molar-refractivity contribution < 1.29 is 10.0 Å². The summed E-state index contributed by atoms with van der Waals surface area (Å²) in [5, 5.41) is 23.4. The first-order chi connectivity index (χ1) is 12.1. The maximum absolute atomic E-state index is 11.7. The van der Waals surface area contributed by atoms with Crippen molar-refractivity contribution in [2.45, 2.75) is 22.4 Å². The van der Waals surface area contributed by atoms with E-state index in [4.69, 9.17) is 0 Å². The average Bonchev–Trinajstić information content (AvgIpc) is 2.61. The Hall–Kier alpha value is -1.96. The SMILES string of the molecule is O=[N+]([O-])[C@@H]1[C@@H](c2ccccc2)Sc2nc3cccc(Br)c3cc2[C@@H]1O. The van der Waals surface area contributed by atoms with Gasteiger partial charge in [-0.05, 0) is 23.8 Å². The van der Waals surface area contributed by atoms with E-state index in [1.54, 1.807) is 6.07 Å². The molecule has 2 heterocycles. The van der Waals surface area contributed by atoms with Crippen LogP contribution in [0.2, 0.25) is 0 Å². The number of hydrogen-bond donors (Lipinski definition) is 1. The van der Waals surface area contributed by atoms with Gasteiger partial charge in [-0.3, -0.25) is 10.1 Å². The Morgan fingerprint density at radius 2 is 1.92 bits per heavy atom. The van der Waals surface area contributed by atoms with Crippen LogP contribution in [-0.2, 0) is 0 Å². The van der Waals surface area contributed by atoms with Crippen LogP contribution >= 0.6 is 27.7 Å². The van der Waals surface area contributed by atoms with E-state index in [1.165, 1.54) is 11.8 Å². The fourth-order valence-electron chi connectivity index (χ4n) is 3.14. The van der Waals surface area contributed by atoms with Crippen molar-refractivity contribution in [3.63, 3.8) is 0 Å². The molecule has 0 saturated heterocycles. The van der Waals surface area contributed by atoms with Crippen LogP contribution in [0.25, 0.3) is 10.9 Å². The lowest BCUT2D eigenvalue weighted by Crippen LogP contribution is -2.35. The topological polar surface area (TPSA) is 76.3 Å². The van der Waals surface area contributed by atoms with E-state index >= 15 is 0 Å². The maximum atomic E-state index is 11.7. The number of fused-ring (bicyclic) bond motifs is 2.